The van der Waals surface area contributed by atoms with Crippen molar-refractivity contribution in [3.05, 3.63) is 75.9 Å². The summed E-state index contributed by atoms with van der Waals surface area (Å²) in [4.78, 5) is 21.3. The van der Waals surface area contributed by atoms with Gasteiger partial charge in [0.15, 0.2) is 6.10 Å². The van der Waals surface area contributed by atoms with E-state index in [1.165, 1.54) is 0 Å². The number of halogens is 1. The molecular weight excluding hydrogens is 591 g/mol. The Morgan fingerprint density at radius 2 is 1.77 bits per heavy atom. The number of nitrogens with zero attached hydrogens (tertiary/aromatic N) is 2. The molecule has 0 bridgehead atoms. The minimum absolute atomic E-state index is 0.0884. The largest absolute Gasteiger partial charge is 0.490 e. The molecule has 0 aliphatic carbocycles. The normalized spacial score (nSPS) is 18.5. The molecule has 0 radical (unpaired) electrons. The van der Waals surface area contributed by atoms with Crippen LogP contribution in [0.3, 0.4) is 0 Å². The van der Waals surface area contributed by atoms with E-state index >= 15 is 0 Å². The number of aryl methyl sites for hydroxylation is 4. The van der Waals surface area contributed by atoms with E-state index in [2.05, 4.69) is 37.8 Å². The van der Waals surface area contributed by atoms with Crippen molar-refractivity contribution >= 4 is 11.7 Å². The number of esters is 1. The van der Waals surface area contributed by atoms with Crippen molar-refractivity contribution in [3.63, 3.8) is 0 Å². The topological polar surface area (TPSA) is 60.9 Å². The first-order chi connectivity index (χ1) is 22.0. The average Bonchev–Trinajstić information content (AvgIpc) is 2.96. The summed E-state index contributed by atoms with van der Waals surface area (Å²) in [5.74, 6) is 0.266. The fraction of sp³-hybridized carbons (Fsp3) is 0.550. The summed E-state index contributed by atoms with van der Waals surface area (Å²) in [6, 6.07) is 11.8. The van der Waals surface area contributed by atoms with Gasteiger partial charge in [0.1, 0.15) is 17.7 Å². The number of aromatic nitrogens is 1. The molecule has 2 atom stereocenters. The van der Waals surface area contributed by atoms with Gasteiger partial charge in [-0.1, -0.05) is 32.0 Å². The standard InChI is InChI=1S/C40H53FN2O4/c1-24(2)45-38(44)37(47-39(6,7)8)35-27(5)42-26(4)34(36(35)43-19-17-40(9,10)18-20-43)30-14-16-33-29(22-30)13-15-31(46-33)23-28-12-11-25(3)21-32(28)41/h11-12,14,16,21-22,24,31,37H,13,15,17-20,23H2,1-10H3/t31-,37-/m0/s1. The Bertz CT molecular complexity index is 1610. The zero-order chi connectivity index (χ0) is 34.3. The highest BCUT2D eigenvalue weighted by Crippen LogP contribution is 2.46. The highest BCUT2D eigenvalue weighted by atomic mass is 19.1. The molecular formula is C40H53FN2O4. The van der Waals surface area contributed by atoms with Gasteiger partial charge in [0.2, 0.25) is 0 Å². The molecule has 1 aromatic heterocycles. The van der Waals surface area contributed by atoms with Crippen LogP contribution in [0.1, 0.15) is 107 Å². The van der Waals surface area contributed by atoms with E-state index in [-0.39, 0.29) is 23.4 Å². The van der Waals surface area contributed by atoms with Gasteiger partial charge in [-0.15, -0.1) is 0 Å². The number of carbonyl (C=O) groups is 1. The van der Waals surface area contributed by atoms with Crippen LogP contribution in [0, 0.1) is 32.0 Å². The van der Waals surface area contributed by atoms with E-state index in [4.69, 9.17) is 19.2 Å². The molecule has 0 unspecified atom stereocenters. The molecule has 3 heterocycles. The van der Waals surface area contributed by atoms with Crippen molar-refractivity contribution in [2.24, 2.45) is 5.41 Å². The molecule has 7 heteroatoms. The van der Waals surface area contributed by atoms with Gasteiger partial charge in [-0.3, -0.25) is 4.98 Å². The lowest BCUT2D eigenvalue weighted by atomic mass is 9.81. The zero-order valence-corrected chi connectivity index (χ0v) is 30.1. The third kappa shape index (κ3) is 8.17. The van der Waals surface area contributed by atoms with Crippen LogP contribution in [0.15, 0.2) is 36.4 Å². The Morgan fingerprint density at radius 3 is 2.40 bits per heavy atom. The van der Waals surface area contributed by atoms with Gasteiger partial charge >= 0.3 is 5.97 Å². The molecule has 6 nitrogen and oxygen atoms in total. The number of piperidine rings is 1. The van der Waals surface area contributed by atoms with Crippen molar-refractivity contribution in [2.45, 2.75) is 125 Å². The Morgan fingerprint density at radius 1 is 1.06 bits per heavy atom. The van der Waals surface area contributed by atoms with E-state index < -0.39 is 17.7 Å². The number of pyridine rings is 1. The molecule has 2 aliphatic rings. The highest BCUT2D eigenvalue weighted by Gasteiger charge is 2.38. The van der Waals surface area contributed by atoms with Crippen LogP contribution < -0.4 is 9.64 Å². The SMILES string of the molecule is Cc1ccc(C[C@@H]2CCc3cc(-c4c(C)nc(C)c([C@H](OC(C)(C)C)C(=O)OC(C)C)c4N4CCC(C)(C)CC4)ccc3O2)c(F)c1. The lowest BCUT2D eigenvalue weighted by Crippen LogP contribution is -2.39. The predicted octanol–water partition coefficient (Wildman–Crippen LogP) is 9.18. The molecule has 0 saturated carbocycles. The molecule has 254 valence electrons. The maximum Gasteiger partial charge on any atom is 0.340 e. The van der Waals surface area contributed by atoms with Crippen molar-refractivity contribution in [2.75, 3.05) is 18.0 Å². The van der Waals surface area contributed by atoms with Gasteiger partial charge in [-0.25, -0.2) is 9.18 Å². The van der Waals surface area contributed by atoms with Gasteiger partial charge in [-0.2, -0.15) is 0 Å². The third-order valence-corrected chi connectivity index (χ3v) is 9.35. The number of anilines is 1. The fourth-order valence-corrected chi connectivity index (χ4v) is 6.85. The second-order valence-electron chi connectivity index (χ2n) is 15.6. The van der Waals surface area contributed by atoms with Gasteiger partial charge in [0.25, 0.3) is 0 Å². The zero-order valence-electron chi connectivity index (χ0n) is 30.1. The molecule has 0 amide bonds. The van der Waals surface area contributed by atoms with Crippen molar-refractivity contribution < 1.29 is 23.4 Å². The maximum absolute atomic E-state index is 14.6. The van der Waals surface area contributed by atoms with Gasteiger partial charge in [0, 0.05) is 42.0 Å². The van der Waals surface area contributed by atoms with Crippen LogP contribution >= 0.6 is 0 Å². The summed E-state index contributed by atoms with van der Waals surface area (Å²) in [5.41, 5.74) is 7.88. The van der Waals surface area contributed by atoms with Crippen molar-refractivity contribution in [3.8, 4) is 16.9 Å². The molecule has 2 aliphatic heterocycles. The van der Waals surface area contributed by atoms with Gasteiger partial charge < -0.3 is 19.1 Å². The molecule has 0 spiro atoms. The Labute approximate surface area is 281 Å². The molecule has 3 aromatic rings. The maximum atomic E-state index is 14.6. The average molecular weight is 645 g/mol. The van der Waals surface area contributed by atoms with E-state index in [0.29, 0.717) is 12.0 Å². The molecule has 0 N–H and O–H groups in total. The number of hydrogen-bond donors (Lipinski definition) is 0. The summed E-state index contributed by atoms with van der Waals surface area (Å²) in [5, 5.41) is 0. The molecule has 5 rings (SSSR count). The number of ether oxygens (including phenoxy) is 3. The van der Waals surface area contributed by atoms with E-state index in [1.807, 2.05) is 66.7 Å². The van der Waals surface area contributed by atoms with Crippen LogP contribution in [0.5, 0.6) is 5.75 Å². The first kappa shape index (κ1) is 34.9. The fourth-order valence-electron chi connectivity index (χ4n) is 6.85. The quantitative estimate of drug-likeness (QED) is 0.228. The van der Waals surface area contributed by atoms with E-state index in [9.17, 15) is 9.18 Å². The van der Waals surface area contributed by atoms with Gasteiger partial charge in [-0.05, 0) is 127 Å². The summed E-state index contributed by atoms with van der Waals surface area (Å²) >= 11 is 0. The molecule has 2 aromatic carbocycles. The first-order valence-electron chi connectivity index (χ1n) is 17.2. The molecule has 1 saturated heterocycles. The smallest absolute Gasteiger partial charge is 0.340 e. The Balaban J connectivity index is 1.59. The number of benzene rings is 2. The van der Waals surface area contributed by atoms with Crippen LogP contribution in [0.25, 0.3) is 11.1 Å². The first-order valence-corrected chi connectivity index (χ1v) is 17.2. The summed E-state index contributed by atoms with van der Waals surface area (Å²) in [7, 11) is 0. The lowest BCUT2D eigenvalue weighted by molar-refractivity contribution is -0.171. The second-order valence-corrected chi connectivity index (χ2v) is 15.6. The van der Waals surface area contributed by atoms with Crippen LogP contribution in [0.4, 0.5) is 10.1 Å². The van der Waals surface area contributed by atoms with E-state index in [1.54, 1.807) is 6.07 Å². The summed E-state index contributed by atoms with van der Waals surface area (Å²) in [6.45, 7) is 21.9. The van der Waals surface area contributed by atoms with E-state index in [0.717, 1.165) is 89.4 Å². The monoisotopic (exact) mass is 644 g/mol. The number of carbonyl (C=O) groups excluding carboxylic acids is 1. The molecule has 1 fully saturated rings. The Kier molecular flexibility index (Phi) is 10.1. The Hall–Kier alpha value is -3.45. The minimum Gasteiger partial charge on any atom is -0.490 e. The highest BCUT2D eigenvalue weighted by molar-refractivity contribution is 5.89. The number of fused-ring (bicyclic) bond motifs is 1. The van der Waals surface area contributed by atoms with Crippen molar-refractivity contribution in [1.29, 1.82) is 0 Å². The van der Waals surface area contributed by atoms with Crippen LogP contribution in [-0.4, -0.2) is 41.9 Å². The van der Waals surface area contributed by atoms with Crippen LogP contribution in [-0.2, 0) is 27.1 Å². The van der Waals surface area contributed by atoms with Crippen LogP contribution in [0.2, 0.25) is 0 Å². The summed E-state index contributed by atoms with van der Waals surface area (Å²) in [6.07, 6.45) is 2.94. The third-order valence-electron chi connectivity index (χ3n) is 9.35. The number of rotatable bonds is 8. The molecule has 47 heavy (non-hydrogen) atoms. The summed E-state index contributed by atoms with van der Waals surface area (Å²) < 4.78 is 33.4. The number of hydrogen-bond acceptors (Lipinski definition) is 6. The predicted molar refractivity (Wildman–Crippen MR) is 187 cm³/mol. The van der Waals surface area contributed by atoms with Gasteiger partial charge in [0.05, 0.1) is 17.4 Å². The minimum atomic E-state index is -0.932. The van der Waals surface area contributed by atoms with Crippen molar-refractivity contribution in [1.82, 2.24) is 4.98 Å². The second kappa shape index (κ2) is 13.6. The lowest BCUT2D eigenvalue weighted by Gasteiger charge is -2.41.